The number of alkyl halides is 2. The molecule has 8 heteroatoms. The third-order valence-corrected chi connectivity index (χ3v) is 5.02. The van der Waals surface area contributed by atoms with Crippen LogP contribution in [0.2, 0.25) is 0 Å². The fraction of sp³-hybridized carbons (Fsp3) is 0.250. The molecule has 28 heavy (non-hydrogen) atoms. The minimum atomic E-state index is -3.77. The van der Waals surface area contributed by atoms with Crippen molar-refractivity contribution >= 4 is 22.5 Å². The van der Waals surface area contributed by atoms with Crippen LogP contribution in [0, 0.1) is 0 Å². The number of nitrogens with zero attached hydrogens (tertiary/aromatic N) is 3. The molecule has 0 saturated carbocycles. The van der Waals surface area contributed by atoms with E-state index in [9.17, 15) is 23.5 Å². The molecule has 0 spiro atoms. The van der Waals surface area contributed by atoms with Crippen molar-refractivity contribution in [3.8, 4) is 0 Å². The van der Waals surface area contributed by atoms with Crippen molar-refractivity contribution < 1.29 is 18.7 Å². The summed E-state index contributed by atoms with van der Waals surface area (Å²) in [6.07, 6.45) is -1.16. The van der Waals surface area contributed by atoms with Gasteiger partial charge in [0.2, 0.25) is 0 Å². The first kappa shape index (κ1) is 18.2. The lowest BCUT2D eigenvalue weighted by atomic mass is 9.99. The average Bonchev–Trinajstić information content (AvgIpc) is 2.86. The summed E-state index contributed by atoms with van der Waals surface area (Å²) in [5.74, 6) is -4.99. The first-order valence-corrected chi connectivity index (χ1v) is 8.69. The Hall–Kier alpha value is -3.13. The Morgan fingerprint density at radius 1 is 1.14 bits per heavy atom. The van der Waals surface area contributed by atoms with E-state index in [-0.39, 0.29) is 29.2 Å². The number of aliphatic hydroxyl groups is 1. The number of benzene rings is 2. The first-order valence-electron chi connectivity index (χ1n) is 8.69. The number of hydrogen-bond acceptors (Lipinski definition) is 4. The SMILES string of the molecule is CC(O)c1cccc2c1C(F)(F)C(=O)N2Cc1nc2ccccc2c(=O)n1C. The van der Waals surface area contributed by atoms with Crippen LogP contribution in [0.3, 0.4) is 0 Å². The molecule has 4 rings (SSSR count). The summed E-state index contributed by atoms with van der Waals surface area (Å²) in [4.78, 5) is 30.4. The monoisotopic (exact) mass is 385 g/mol. The van der Waals surface area contributed by atoms with Crippen LogP contribution in [0.25, 0.3) is 10.9 Å². The molecule has 6 nitrogen and oxygen atoms in total. The van der Waals surface area contributed by atoms with Crippen molar-refractivity contribution in [2.24, 2.45) is 7.05 Å². The molecule has 0 radical (unpaired) electrons. The fourth-order valence-corrected chi connectivity index (χ4v) is 3.56. The lowest BCUT2D eigenvalue weighted by Crippen LogP contribution is -2.36. The van der Waals surface area contributed by atoms with Gasteiger partial charge in [-0.25, -0.2) is 4.98 Å². The molecule has 2 aromatic carbocycles. The predicted molar refractivity (Wildman–Crippen MR) is 99.1 cm³/mol. The second kappa shape index (κ2) is 6.20. The van der Waals surface area contributed by atoms with Gasteiger partial charge in [0, 0.05) is 7.05 Å². The van der Waals surface area contributed by atoms with Gasteiger partial charge in [0.05, 0.1) is 34.8 Å². The Morgan fingerprint density at radius 3 is 2.57 bits per heavy atom. The number of carbonyl (C=O) groups excluding carboxylic acids is 1. The van der Waals surface area contributed by atoms with Crippen LogP contribution < -0.4 is 10.5 Å². The van der Waals surface area contributed by atoms with E-state index in [0.29, 0.717) is 10.9 Å². The maximum atomic E-state index is 14.7. The summed E-state index contributed by atoms with van der Waals surface area (Å²) in [7, 11) is 1.49. The van der Waals surface area contributed by atoms with Gasteiger partial charge in [0.1, 0.15) is 5.82 Å². The van der Waals surface area contributed by atoms with Crippen molar-refractivity contribution in [2.45, 2.75) is 25.5 Å². The summed E-state index contributed by atoms with van der Waals surface area (Å²) in [6.45, 7) is 1.08. The van der Waals surface area contributed by atoms with Crippen LogP contribution in [-0.4, -0.2) is 20.6 Å². The maximum Gasteiger partial charge on any atom is 0.352 e. The van der Waals surface area contributed by atoms with E-state index in [4.69, 9.17) is 0 Å². The minimum absolute atomic E-state index is 0.00119. The van der Waals surface area contributed by atoms with Gasteiger partial charge < -0.3 is 5.11 Å². The number of aromatic nitrogens is 2. The van der Waals surface area contributed by atoms with E-state index in [0.717, 1.165) is 4.90 Å². The molecule has 1 N–H and O–H groups in total. The van der Waals surface area contributed by atoms with Gasteiger partial charge in [-0.05, 0) is 30.7 Å². The topological polar surface area (TPSA) is 75.4 Å². The molecule has 1 aromatic heterocycles. The lowest BCUT2D eigenvalue weighted by Gasteiger charge is -2.19. The first-order chi connectivity index (χ1) is 13.2. The highest BCUT2D eigenvalue weighted by Gasteiger charge is 2.54. The highest BCUT2D eigenvalue weighted by molar-refractivity contribution is 6.06. The predicted octanol–water partition coefficient (Wildman–Crippen LogP) is 2.63. The Labute approximate surface area is 158 Å². The van der Waals surface area contributed by atoms with E-state index in [1.54, 1.807) is 24.3 Å². The van der Waals surface area contributed by atoms with Crippen molar-refractivity contribution in [3.63, 3.8) is 0 Å². The molecule has 0 bridgehead atoms. The number of para-hydroxylation sites is 1. The Bertz CT molecular complexity index is 1170. The minimum Gasteiger partial charge on any atom is -0.389 e. The molecule has 1 aliphatic rings. The zero-order chi connectivity index (χ0) is 20.2. The summed E-state index contributed by atoms with van der Waals surface area (Å²) in [5, 5.41) is 10.3. The molecule has 1 aliphatic heterocycles. The summed E-state index contributed by atoms with van der Waals surface area (Å²) >= 11 is 0. The number of anilines is 1. The van der Waals surface area contributed by atoms with Gasteiger partial charge in [0.15, 0.2) is 0 Å². The largest absolute Gasteiger partial charge is 0.389 e. The third-order valence-electron chi connectivity index (χ3n) is 5.02. The van der Waals surface area contributed by atoms with Crippen LogP contribution in [0.4, 0.5) is 14.5 Å². The average molecular weight is 385 g/mol. The fourth-order valence-electron chi connectivity index (χ4n) is 3.56. The Morgan fingerprint density at radius 2 is 1.86 bits per heavy atom. The highest BCUT2D eigenvalue weighted by Crippen LogP contribution is 2.47. The van der Waals surface area contributed by atoms with E-state index in [1.807, 2.05) is 0 Å². The molecule has 1 unspecified atom stereocenters. The van der Waals surface area contributed by atoms with Crippen LogP contribution in [-0.2, 0) is 24.3 Å². The standard InChI is InChI=1S/C20H17F2N3O3/c1-11(26)12-7-5-9-15-17(12)20(21,22)19(28)25(15)10-16-23-14-8-4-3-6-13(14)18(27)24(16)2/h3-9,11,26H,10H2,1-2H3. The molecule has 144 valence electrons. The summed E-state index contributed by atoms with van der Waals surface area (Å²) in [5.41, 5.74) is -0.385. The number of aliphatic hydroxyl groups excluding tert-OH is 1. The van der Waals surface area contributed by atoms with Crippen molar-refractivity contribution in [2.75, 3.05) is 4.90 Å². The number of halogens is 2. The van der Waals surface area contributed by atoms with E-state index in [1.165, 1.54) is 36.7 Å². The third kappa shape index (κ3) is 2.52. The smallest absolute Gasteiger partial charge is 0.352 e. The van der Waals surface area contributed by atoms with Crippen LogP contribution in [0.5, 0.6) is 0 Å². The van der Waals surface area contributed by atoms with E-state index < -0.39 is 23.5 Å². The zero-order valence-electron chi connectivity index (χ0n) is 15.2. The zero-order valence-corrected chi connectivity index (χ0v) is 15.2. The highest BCUT2D eigenvalue weighted by atomic mass is 19.3. The van der Waals surface area contributed by atoms with Crippen molar-refractivity contribution in [1.29, 1.82) is 0 Å². The van der Waals surface area contributed by atoms with Gasteiger partial charge in [0.25, 0.3) is 5.56 Å². The molecule has 0 fully saturated rings. The van der Waals surface area contributed by atoms with Crippen molar-refractivity contribution in [1.82, 2.24) is 9.55 Å². The van der Waals surface area contributed by atoms with Gasteiger partial charge in [-0.15, -0.1) is 0 Å². The van der Waals surface area contributed by atoms with Crippen molar-refractivity contribution in [3.05, 3.63) is 69.8 Å². The van der Waals surface area contributed by atoms with Gasteiger partial charge in [-0.3, -0.25) is 19.1 Å². The molecule has 0 aliphatic carbocycles. The van der Waals surface area contributed by atoms with Gasteiger partial charge in [-0.2, -0.15) is 8.78 Å². The maximum absolute atomic E-state index is 14.7. The number of hydrogen-bond donors (Lipinski definition) is 1. The van der Waals surface area contributed by atoms with E-state index >= 15 is 0 Å². The number of fused-ring (bicyclic) bond motifs is 2. The quantitative estimate of drug-likeness (QED) is 0.752. The van der Waals surface area contributed by atoms with Crippen LogP contribution in [0.1, 0.15) is 30.0 Å². The molecule has 1 amide bonds. The normalized spacial score (nSPS) is 16.5. The van der Waals surface area contributed by atoms with Gasteiger partial charge >= 0.3 is 11.8 Å². The van der Waals surface area contributed by atoms with Crippen LogP contribution in [0.15, 0.2) is 47.3 Å². The summed E-state index contributed by atoms with van der Waals surface area (Å²) in [6, 6.07) is 11.0. The lowest BCUT2D eigenvalue weighted by molar-refractivity contribution is -0.141. The molecule has 2 heterocycles. The van der Waals surface area contributed by atoms with Crippen LogP contribution >= 0.6 is 0 Å². The second-order valence-electron chi connectivity index (χ2n) is 6.79. The molecule has 1 atom stereocenters. The van der Waals surface area contributed by atoms with E-state index in [2.05, 4.69) is 4.98 Å². The molecular formula is C20H17F2N3O3. The number of rotatable bonds is 3. The number of amides is 1. The summed E-state index contributed by atoms with van der Waals surface area (Å²) < 4.78 is 30.7. The van der Waals surface area contributed by atoms with Gasteiger partial charge in [-0.1, -0.05) is 24.3 Å². The Balaban J connectivity index is 1.86. The number of carbonyl (C=O) groups is 1. The molecule has 3 aromatic rings. The molecule has 0 saturated heterocycles. The Kier molecular flexibility index (Phi) is 4.04. The second-order valence-corrected chi connectivity index (χ2v) is 6.79. The molecular weight excluding hydrogens is 368 g/mol.